The molecule has 1 aliphatic rings. The number of hydrogen-bond acceptors (Lipinski definition) is 3. The van der Waals surface area contributed by atoms with Crippen LogP contribution in [-0.4, -0.2) is 29.9 Å². The number of unbranched alkanes of at least 4 members (excludes halogenated alkanes) is 1. The van der Waals surface area contributed by atoms with Gasteiger partial charge in [-0.3, -0.25) is 10.1 Å². The second-order valence-electron chi connectivity index (χ2n) is 4.56. The lowest BCUT2D eigenvalue weighted by atomic mass is 10.2. The van der Waals surface area contributed by atoms with Crippen LogP contribution in [0.4, 0.5) is 0 Å². The molecule has 2 rings (SSSR count). The van der Waals surface area contributed by atoms with Gasteiger partial charge in [0.15, 0.2) is 0 Å². The molecule has 98 valence electrons. The standard InChI is InChI=1S/C14H20N2OS/c1-2-3-8-16(10-12-6-9-18-11-12)14(17)13-5-4-7-15-13/h4-6,9,11,13,15H,2-3,7-8,10H2,1H3. The van der Waals surface area contributed by atoms with Crippen LogP contribution >= 0.6 is 11.3 Å². The zero-order chi connectivity index (χ0) is 12.8. The zero-order valence-electron chi connectivity index (χ0n) is 10.8. The summed E-state index contributed by atoms with van der Waals surface area (Å²) >= 11 is 1.68. The van der Waals surface area contributed by atoms with Gasteiger partial charge in [0, 0.05) is 19.6 Å². The molecule has 18 heavy (non-hydrogen) atoms. The lowest BCUT2D eigenvalue weighted by Gasteiger charge is -2.25. The van der Waals surface area contributed by atoms with Crippen LogP contribution in [0.3, 0.4) is 0 Å². The number of rotatable bonds is 6. The van der Waals surface area contributed by atoms with Crippen molar-refractivity contribution in [2.45, 2.75) is 32.4 Å². The Morgan fingerprint density at radius 1 is 1.61 bits per heavy atom. The fourth-order valence-corrected chi connectivity index (χ4v) is 2.71. The van der Waals surface area contributed by atoms with Crippen molar-refractivity contribution >= 4 is 17.2 Å². The van der Waals surface area contributed by atoms with Crippen molar-refractivity contribution in [3.8, 4) is 0 Å². The maximum atomic E-state index is 12.4. The molecule has 0 saturated heterocycles. The number of nitrogens with zero attached hydrogens (tertiary/aromatic N) is 1. The van der Waals surface area contributed by atoms with E-state index in [2.05, 4.69) is 29.1 Å². The van der Waals surface area contributed by atoms with Gasteiger partial charge in [0.2, 0.25) is 5.91 Å². The first-order valence-corrected chi connectivity index (χ1v) is 7.45. The maximum absolute atomic E-state index is 12.4. The Morgan fingerprint density at radius 3 is 3.11 bits per heavy atom. The zero-order valence-corrected chi connectivity index (χ0v) is 11.6. The van der Waals surface area contributed by atoms with Crippen molar-refractivity contribution in [2.24, 2.45) is 0 Å². The summed E-state index contributed by atoms with van der Waals surface area (Å²) in [5.41, 5.74) is 1.23. The van der Waals surface area contributed by atoms with Gasteiger partial charge in [-0.2, -0.15) is 11.3 Å². The van der Waals surface area contributed by atoms with Crippen molar-refractivity contribution in [1.82, 2.24) is 10.2 Å². The molecule has 0 saturated carbocycles. The van der Waals surface area contributed by atoms with E-state index in [-0.39, 0.29) is 11.9 Å². The Bertz CT molecular complexity index is 400. The number of thiophene rings is 1. The Balaban J connectivity index is 1.99. The normalized spacial score (nSPS) is 18.2. The van der Waals surface area contributed by atoms with E-state index in [1.165, 1.54) is 5.56 Å². The molecule has 0 bridgehead atoms. The highest BCUT2D eigenvalue weighted by molar-refractivity contribution is 7.07. The molecule has 1 N–H and O–H groups in total. The third kappa shape index (κ3) is 3.43. The predicted octanol–water partition coefficient (Wildman–Crippen LogP) is 2.40. The number of amides is 1. The molecular weight excluding hydrogens is 244 g/mol. The third-order valence-electron chi connectivity index (χ3n) is 3.10. The van der Waals surface area contributed by atoms with E-state index in [0.717, 1.165) is 32.5 Å². The average molecular weight is 264 g/mol. The Kier molecular flexibility index (Phi) is 4.96. The van der Waals surface area contributed by atoms with Gasteiger partial charge in [-0.25, -0.2) is 0 Å². The second-order valence-corrected chi connectivity index (χ2v) is 5.34. The Hall–Kier alpha value is -1.13. The van der Waals surface area contributed by atoms with Gasteiger partial charge < -0.3 is 4.90 Å². The molecule has 0 fully saturated rings. The van der Waals surface area contributed by atoms with Gasteiger partial charge >= 0.3 is 0 Å². The van der Waals surface area contributed by atoms with Crippen LogP contribution in [0.2, 0.25) is 0 Å². The summed E-state index contributed by atoms with van der Waals surface area (Å²) in [7, 11) is 0. The predicted molar refractivity (Wildman–Crippen MR) is 75.6 cm³/mol. The molecule has 2 heterocycles. The first-order valence-electron chi connectivity index (χ1n) is 6.51. The van der Waals surface area contributed by atoms with Gasteiger partial charge in [0.1, 0.15) is 6.04 Å². The number of carbonyl (C=O) groups excluding carboxylic acids is 1. The summed E-state index contributed by atoms with van der Waals surface area (Å²) in [5, 5.41) is 7.37. The molecule has 0 spiro atoms. The van der Waals surface area contributed by atoms with Crippen LogP contribution in [0, 0.1) is 0 Å². The monoisotopic (exact) mass is 264 g/mol. The van der Waals surface area contributed by atoms with E-state index >= 15 is 0 Å². The molecule has 1 unspecified atom stereocenters. The van der Waals surface area contributed by atoms with Crippen LogP contribution in [0.5, 0.6) is 0 Å². The number of carbonyl (C=O) groups is 1. The summed E-state index contributed by atoms with van der Waals surface area (Å²) in [5.74, 6) is 0.198. The molecule has 1 amide bonds. The summed E-state index contributed by atoms with van der Waals surface area (Å²) in [4.78, 5) is 14.4. The smallest absolute Gasteiger partial charge is 0.243 e. The Morgan fingerprint density at radius 2 is 2.50 bits per heavy atom. The molecule has 0 aromatic carbocycles. The van der Waals surface area contributed by atoms with Crippen LogP contribution in [0.25, 0.3) is 0 Å². The van der Waals surface area contributed by atoms with Crippen LogP contribution in [0.1, 0.15) is 25.3 Å². The molecule has 1 aliphatic heterocycles. The SMILES string of the molecule is CCCCN(Cc1ccsc1)C(=O)C1C=CCN1. The van der Waals surface area contributed by atoms with Crippen molar-refractivity contribution < 1.29 is 4.79 Å². The number of nitrogens with one attached hydrogen (secondary N) is 1. The van der Waals surface area contributed by atoms with Crippen LogP contribution in [0.15, 0.2) is 29.0 Å². The fraction of sp³-hybridized carbons (Fsp3) is 0.500. The molecular formula is C14H20N2OS. The second kappa shape index (κ2) is 6.71. The van der Waals surface area contributed by atoms with Crippen molar-refractivity contribution in [3.05, 3.63) is 34.5 Å². The van der Waals surface area contributed by atoms with E-state index in [0.29, 0.717) is 0 Å². The largest absolute Gasteiger partial charge is 0.337 e. The fourth-order valence-electron chi connectivity index (χ4n) is 2.05. The molecule has 1 aromatic rings. The molecule has 0 radical (unpaired) electrons. The first kappa shape index (κ1) is 13.3. The highest BCUT2D eigenvalue weighted by Gasteiger charge is 2.23. The first-order chi connectivity index (χ1) is 8.81. The minimum absolute atomic E-state index is 0.125. The highest BCUT2D eigenvalue weighted by Crippen LogP contribution is 2.12. The highest BCUT2D eigenvalue weighted by atomic mass is 32.1. The summed E-state index contributed by atoms with van der Waals surface area (Å²) in [6, 6.07) is 1.97. The summed E-state index contributed by atoms with van der Waals surface area (Å²) in [6.45, 7) is 4.53. The van der Waals surface area contributed by atoms with Crippen molar-refractivity contribution in [1.29, 1.82) is 0 Å². The summed E-state index contributed by atoms with van der Waals surface area (Å²) in [6.07, 6.45) is 6.16. The molecule has 0 aliphatic carbocycles. The van der Waals surface area contributed by atoms with E-state index in [1.54, 1.807) is 11.3 Å². The minimum Gasteiger partial charge on any atom is -0.337 e. The molecule has 4 heteroatoms. The van der Waals surface area contributed by atoms with Crippen molar-refractivity contribution in [2.75, 3.05) is 13.1 Å². The maximum Gasteiger partial charge on any atom is 0.243 e. The minimum atomic E-state index is -0.125. The lowest BCUT2D eigenvalue weighted by Crippen LogP contribution is -2.43. The van der Waals surface area contributed by atoms with Crippen LogP contribution in [-0.2, 0) is 11.3 Å². The van der Waals surface area contributed by atoms with E-state index in [9.17, 15) is 4.79 Å². The van der Waals surface area contributed by atoms with Crippen molar-refractivity contribution in [3.63, 3.8) is 0 Å². The molecule has 1 atom stereocenters. The molecule has 1 aromatic heterocycles. The van der Waals surface area contributed by atoms with E-state index in [4.69, 9.17) is 0 Å². The molecule has 3 nitrogen and oxygen atoms in total. The quantitative estimate of drug-likeness (QED) is 0.800. The lowest BCUT2D eigenvalue weighted by molar-refractivity contribution is -0.132. The van der Waals surface area contributed by atoms with Gasteiger partial charge in [-0.1, -0.05) is 25.5 Å². The van der Waals surface area contributed by atoms with Crippen LogP contribution < -0.4 is 5.32 Å². The Labute approximate surface area is 112 Å². The summed E-state index contributed by atoms with van der Waals surface area (Å²) < 4.78 is 0. The van der Waals surface area contributed by atoms with Gasteiger partial charge in [-0.15, -0.1) is 0 Å². The average Bonchev–Trinajstić information content (AvgIpc) is 3.06. The van der Waals surface area contributed by atoms with E-state index < -0.39 is 0 Å². The topological polar surface area (TPSA) is 32.3 Å². The number of hydrogen-bond donors (Lipinski definition) is 1. The van der Waals surface area contributed by atoms with E-state index in [1.807, 2.05) is 17.1 Å². The van der Waals surface area contributed by atoms with Gasteiger partial charge in [-0.05, 0) is 28.8 Å². The third-order valence-corrected chi connectivity index (χ3v) is 3.83. The van der Waals surface area contributed by atoms with Gasteiger partial charge in [0.25, 0.3) is 0 Å². The van der Waals surface area contributed by atoms with Gasteiger partial charge in [0.05, 0.1) is 0 Å².